The van der Waals surface area contributed by atoms with E-state index in [1.165, 1.54) is 0 Å². The van der Waals surface area contributed by atoms with Crippen LogP contribution in [-0.2, 0) is 6.42 Å². The van der Waals surface area contributed by atoms with Crippen molar-refractivity contribution in [3.8, 4) is 0 Å². The standard InChI is InChI=1S/C19H17ClN2O/c1-4-12-8-15(23)17-10(3)18-16(9(2)19(17)21-12)13-7-11(20)5-6-14(13)22-18/h5-8,22H,4H2,1-3H3,(H,21,23). The lowest BCUT2D eigenvalue weighted by atomic mass is 9.98. The van der Waals surface area contributed by atoms with Gasteiger partial charge in [0.1, 0.15) is 0 Å². The molecule has 0 aliphatic heterocycles. The number of hydrogen-bond donors (Lipinski definition) is 2. The molecule has 0 saturated heterocycles. The third-order valence-electron chi connectivity index (χ3n) is 4.73. The number of halogens is 1. The Kier molecular flexibility index (Phi) is 3.03. The Balaban J connectivity index is 2.33. The molecule has 4 rings (SSSR count). The Morgan fingerprint density at radius 2 is 1.70 bits per heavy atom. The first-order valence-corrected chi connectivity index (χ1v) is 8.15. The molecule has 4 heteroatoms. The van der Waals surface area contributed by atoms with Gasteiger partial charge in [-0.2, -0.15) is 0 Å². The molecule has 0 unspecified atom stereocenters. The molecule has 0 saturated carbocycles. The lowest BCUT2D eigenvalue weighted by molar-refractivity contribution is 1.05. The molecule has 2 heterocycles. The van der Waals surface area contributed by atoms with Crippen LogP contribution in [0.4, 0.5) is 0 Å². The summed E-state index contributed by atoms with van der Waals surface area (Å²) in [4.78, 5) is 19.5. The van der Waals surface area contributed by atoms with Gasteiger partial charge in [-0.1, -0.05) is 18.5 Å². The Hall–Kier alpha value is -2.26. The zero-order valence-corrected chi connectivity index (χ0v) is 14.1. The molecule has 3 nitrogen and oxygen atoms in total. The van der Waals surface area contributed by atoms with Gasteiger partial charge in [0.2, 0.25) is 0 Å². The molecule has 0 aliphatic rings. The second kappa shape index (κ2) is 4.87. The molecule has 0 spiro atoms. The number of pyridine rings is 1. The molecule has 0 radical (unpaired) electrons. The van der Waals surface area contributed by atoms with E-state index >= 15 is 0 Å². The molecule has 0 bridgehead atoms. The average molecular weight is 325 g/mol. The topological polar surface area (TPSA) is 48.6 Å². The normalized spacial score (nSPS) is 11.8. The Morgan fingerprint density at radius 1 is 1.00 bits per heavy atom. The van der Waals surface area contributed by atoms with Crippen molar-refractivity contribution in [2.45, 2.75) is 27.2 Å². The van der Waals surface area contributed by atoms with Crippen LogP contribution in [0.15, 0.2) is 29.1 Å². The predicted molar refractivity (Wildman–Crippen MR) is 97.8 cm³/mol. The molecular formula is C19H17ClN2O. The van der Waals surface area contributed by atoms with Crippen LogP contribution in [0.2, 0.25) is 5.02 Å². The van der Waals surface area contributed by atoms with Gasteiger partial charge in [-0.3, -0.25) is 4.79 Å². The minimum Gasteiger partial charge on any atom is -0.358 e. The van der Waals surface area contributed by atoms with Crippen LogP contribution >= 0.6 is 11.6 Å². The number of nitrogens with one attached hydrogen (secondary N) is 2. The molecule has 2 aromatic heterocycles. The van der Waals surface area contributed by atoms with Crippen molar-refractivity contribution < 1.29 is 0 Å². The number of aromatic amines is 2. The first-order chi connectivity index (χ1) is 11.0. The number of aromatic nitrogens is 2. The minimum atomic E-state index is 0.0785. The quantitative estimate of drug-likeness (QED) is 0.509. The molecule has 0 atom stereocenters. The van der Waals surface area contributed by atoms with E-state index in [4.69, 9.17) is 11.6 Å². The largest absolute Gasteiger partial charge is 0.358 e. The van der Waals surface area contributed by atoms with Crippen molar-refractivity contribution in [3.05, 3.63) is 56.3 Å². The highest BCUT2D eigenvalue weighted by Crippen LogP contribution is 2.35. The zero-order valence-electron chi connectivity index (χ0n) is 13.3. The van der Waals surface area contributed by atoms with E-state index in [0.29, 0.717) is 5.02 Å². The van der Waals surface area contributed by atoms with Gasteiger partial charge >= 0.3 is 0 Å². The summed E-state index contributed by atoms with van der Waals surface area (Å²) in [5.41, 5.74) is 6.09. The number of fused-ring (bicyclic) bond motifs is 4. The number of benzene rings is 2. The third-order valence-corrected chi connectivity index (χ3v) is 4.96. The molecule has 2 N–H and O–H groups in total. The van der Waals surface area contributed by atoms with Crippen LogP contribution in [0.3, 0.4) is 0 Å². The lowest BCUT2D eigenvalue weighted by Crippen LogP contribution is -2.07. The van der Waals surface area contributed by atoms with Crippen molar-refractivity contribution in [1.82, 2.24) is 9.97 Å². The van der Waals surface area contributed by atoms with Gasteiger partial charge in [0.15, 0.2) is 5.43 Å². The Labute approximate surface area is 138 Å². The minimum absolute atomic E-state index is 0.0785. The molecule has 2 aromatic carbocycles. The van der Waals surface area contributed by atoms with E-state index in [9.17, 15) is 4.79 Å². The van der Waals surface area contributed by atoms with Gasteiger partial charge < -0.3 is 9.97 Å². The van der Waals surface area contributed by atoms with Crippen LogP contribution in [0.5, 0.6) is 0 Å². The fraction of sp³-hybridized carbons (Fsp3) is 0.211. The summed E-state index contributed by atoms with van der Waals surface area (Å²) in [5, 5.41) is 3.71. The highest BCUT2D eigenvalue weighted by molar-refractivity contribution is 6.32. The smallest absolute Gasteiger partial charge is 0.190 e. The van der Waals surface area contributed by atoms with Crippen LogP contribution < -0.4 is 5.43 Å². The SMILES string of the molecule is CCc1cc(=O)c2c(C)c3[nH]c4ccc(Cl)cc4c3c(C)c2[nH]1. The van der Waals surface area contributed by atoms with Gasteiger partial charge in [-0.05, 0) is 49.6 Å². The van der Waals surface area contributed by atoms with Crippen molar-refractivity contribution in [2.75, 3.05) is 0 Å². The highest BCUT2D eigenvalue weighted by atomic mass is 35.5. The van der Waals surface area contributed by atoms with E-state index in [-0.39, 0.29) is 5.43 Å². The second-order valence-corrected chi connectivity index (χ2v) is 6.51. The summed E-state index contributed by atoms with van der Waals surface area (Å²) in [5.74, 6) is 0. The molecule has 0 amide bonds. The van der Waals surface area contributed by atoms with Crippen LogP contribution in [0, 0.1) is 13.8 Å². The number of H-pyrrole nitrogens is 2. The molecule has 0 aliphatic carbocycles. The number of hydrogen-bond acceptors (Lipinski definition) is 1. The predicted octanol–water partition coefficient (Wildman–Crippen LogP) is 5.00. The van der Waals surface area contributed by atoms with Crippen molar-refractivity contribution >= 4 is 44.3 Å². The fourth-order valence-electron chi connectivity index (χ4n) is 3.54. The van der Waals surface area contributed by atoms with Gasteiger partial charge in [0.05, 0.1) is 16.4 Å². The molecule has 116 valence electrons. The van der Waals surface area contributed by atoms with Gasteiger partial charge in [-0.15, -0.1) is 0 Å². The summed E-state index contributed by atoms with van der Waals surface area (Å²) in [6, 6.07) is 7.56. The first-order valence-electron chi connectivity index (χ1n) is 7.77. The molecule has 23 heavy (non-hydrogen) atoms. The average Bonchev–Trinajstić information content (AvgIpc) is 2.91. The van der Waals surface area contributed by atoms with Crippen LogP contribution in [0.1, 0.15) is 23.7 Å². The van der Waals surface area contributed by atoms with Gasteiger partial charge in [0, 0.05) is 33.1 Å². The molecule has 0 fully saturated rings. The Morgan fingerprint density at radius 3 is 2.43 bits per heavy atom. The van der Waals surface area contributed by atoms with Crippen molar-refractivity contribution in [1.29, 1.82) is 0 Å². The fourth-order valence-corrected chi connectivity index (χ4v) is 3.71. The van der Waals surface area contributed by atoms with E-state index < -0.39 is 0 Å². The van der Waals surface area contributed by atoms with Crippen molar-refractivity contribution in [3.63, 3.8) is 0 Å². The van der Waals surface area contributed by atoms with E-state index in [1.54, 1.807) is 6.07 Å². The number of rotatable bonds is 1. The van der Waals surface area contributed by atoms with E-state index in [2.05, 4.69) is 16.9 Å². The summed E-state index contributed by atoms with van der Waals surface area (Å²) in [7, 11) is 0. The second-order valence-electron chi connectivity index (χ2n) is 6.08. The summed E-state index contributed by atoms with van der Waals surface area (Å²) >= 11 is 6.19. The number of aryl methyl sites for hydroxylation is 3. The van der Waals surface area contributed by atoms with Gasteiger partial charge in [-0.25, -0.2) is 0 Å². The van der Waals surface area contributed by atoms with Crippen LogP contribution in [0.25, 0.3) is 32.7 Å². The summed E-state index contributed by atoms with van der Waals surface area (Å²) in [6.45, 7) is 6.11. The molecular weight excluding hydrogens is 308 g/mol. The maximum atomic E-state index is 12.6. The van der Waals surface area contributed by atoms with Gasteiger partial charge in [0.25, 0.3) is 0 Å². The first kappa shape index (κ1) is 14.3. The van der Waals surface area contributed by atoms with Crippen molar-refractivity contribution in [2.24, 2.45) is 0 Å². The summed E-state index contributed by atoms with van der Waals surface area (Å²) in [6.07, 6.45) is 0.807. The Bertz CT molecular complexity index is 1150. The zero-order chi connectivity index (χ0) is 16.3. The maximum absolute atomic E-state index is 12.6. The monoisotopic (exact) mass is 324 g/mol. The van der Waals surface area contributed by atoms with E-state index in [0.717, 1.165) is 56.0 Å². The summed E-state index contributed by atoms with van der Waals surface area (Å²) < 4.78 is 0. The van der Waals surface area contributed by atoms with E-state index in [1.807, 2.05) is 32.0 Å². The third kappa shape index (κ3) is 1.93. The maximum Gasteiger partial charge on any atom is 0.190 e. The highest BCUT2D eigenvalue weighted by Gasteiger charge is 2.16. The van der Waals surface area contributed by atoms with Crippen LogP contribution in [-0.4, -0.2) is 9.97 Å². The lowest BCUT2D eigenvalue weighted by Gasteiger charge is -2.10. The molecule has 4 aromatic rings.